The summed E-state index contributed by atoms with van der Waals surface area (Å²) in [5, 5.41) is 2.61. The van der Waals surface area contributed by atoms with Crippen LogP contribution in [0.2, 0.25) is 0 Å². The topological polar surface area (TPSA) is 18.5 Å². The van der Waals surface area contributed by atoms with Gasteiger partial charge in [0.25, 0.3) is 0 Å². The molecule has 118 valence electrons. The number of hydrogen-bond donors (Lipinski definition) is 0. The van der Waals surface area contributed by atoms with Crippen LogP contribution in [0.5, 0.6) is 5.75 Å². The minimum atomic E-state index is 0.291. The molecule has 0 N–H and O–H groups in total. The van der Waals surface area contributed by atoms with Gasteiger partial charge in [0.2, 0.25) is 0 Å². The van der Waals surface area contributed by atoms with Crippen molar-refractivity contribution in [2.24, 2.45) is 0 Å². The molecule has 0 aliphatic carbocycles. The third kappa shape index (κ3) is 3.41. The van der Waals surface area contributed by atoms with Crippen molar-refractivity contribution in [1.29, 1.82) is 0 Å². The van der Waals surface area contributed by atoms with Gasteiger partial charge in [0.15, 0.2) is 4.90 Å². The number of hydrogen-bond acceptors (Lipinski definition) is 2. The monoisotopic (exact) mass is 317 g/mol. The van der Waals surface area contributed by atoms with E-state index in [0.717, 1.165) is 43.3 Å². The van der Waals surface area contributed by atoms with Gasteiger partial charge in [-0.25, -0.2) is 0 Å². The second kappa shape index (κ2) is 7.38. The summed E-state index contributed by atoms with van der Waals surface area (Å²) in [6.45, 7) is 6.06. The minimum Gasteiger partial charge on any atom is -0.493 e. The van der Waals surface area contributed by atoms with Crippen LogP contribution in [0.1, 0.15) is 26.7 Å². The SMILES string of the molecule is CCCCOc1ccc([S+]2CCOC(C)C2)c2ccccc12. The summed E-state index contributed by atoms with van der Waals surface area (Å²) in [7, 11) is 0.291. The molecule has 1 fully saturated rings. The normalized spacial score (nSPS) is 21.9. The van der Waals surface area contributed by atoms with E-state index in [-0.39, 0.29) is 0 Å². The lowest BCUT2D eigenvalue weighted by atomic mass is 10.1. The van der Waals surface area contributed by atoms with Crippen LogP contribution in [-0.4, -0.2) is 30.8 Å². The van der Waals surface area contributed by atoms with Gasteiger partial charge in [-0.15, -0.1) is 0 Å². The number of rotatable bonds is 5. The minimum absolute atomic E-state index is 0.291. The number of fused-ring (bicyclic) bond motifs is 1. The molecule has 22 heavy (non-hydrogen) atoms. The maximum absolute atomic E-state index is 6.00. The average Bonchev–Trinajstić information content (AvgIpc) is 2.55. The first-order valence-corrected chi connectivity index (χ1v) is 9.79. The van der Waals surface area contributed by atoms with Gasteiger partial charge in [-0.2, -0.15) is 0 Å². The summed E-state index contributed by atoms with van der Waals surface area (Å²) in [6, 6.07) is 13.1. The first kappa shape index (κ1) is 15.7. The maximum atomic E-state index is 6.00. The van der Waals surface area contributed by atoms with Gasteiger partial charge in [0, 0.05) is 21.7 Å². The summed E-state index contributed by atoms with van der Waals surface area (Å²) in [6.07, 6.45) is 2.64. The van der Waals surface area contributed by atoms with Crippen molar-refractivity contribution >= 4 is 21.7 Å². The molecule has 0 radical (unpaired) electrons. The lowest BCUT2D eigenvalue weighted by Crippen LogP contribution is -2.32. The Morgan fingerprint density at radius 3 is 2.77 bits per heavy atom. The highest BCUT2D eigenvalue weighted by Gasteiger charge is 2.31. The van der Waals surface area contributed by atoms with Crippen LogP contribution in [0, 0.1) is 0 Å². The van der Waals surface area contributed by atoms with Gasteiger partial charge in [-0.3, -0.25) is 0 Å². The average molecular weight is 317 g/mol. The van der Waals surface area contributed by atoms with Crippen molar-refractivity contribution in [3.63, 3.8) is 0 Å². The molecule has 0 bridgehead atoms. The molecular formula is C19H25O2S+. The highest BCUT2D eigenvalue weighted by atomic mass is 32.2. The molecule has 0 saturated carbocycles. The van der Waals surface area contributed by atoms with Gasteiger partial charge >= 0.3 is 0 Å². The van der Waals surface area contributed by atoms with Gasteiger partial charge in [-0.1, -0.05) is 31.5 Å². The molecule has 1 saturated heterocycles. The fraction of sp³-hybridized carbons (Fsp3) is 0.474. The van der Waals surface area contributed by atoms with Crippen LogP contribution in [0.4, 0.5) is 0 Å². The van der Waals surface area contributed by atoms with E-state index in [2.05, 4.69) is 50.2 Å². The van der Waals surface area contributed by atoms with E-state index in [1.165, 1.54) is 15.7 Å². The Balaban J connectivity index is 1.93. The van der Waals surface area contributed by atoms with E-state index in [4.69, 9.17) is 9.47 Å². The Labute approximate surface area is 136 Å². The molecule has 2 aromatic rings. The van der Waals surface area contributed by atoms with Gasteiger partial charge in [0.05, 0.1) is 19.3 Å². The zero-order valence-electron chi connectivity index (χ0n) is 13.5. The first-order chi connectivity index (χ1) is 10.8. The molecule has 2 nitrogen and oxygen atoms in total. The molecule has 2 aromatic carbocycles. The summed E-state index contributed by atoms with van der Waals surface area (Å²) in [5.41, 5.74) is 0. The van der Waals surface area contributed by atoms with E-state index in [0.29, 0.717) is 17.0 Å². The molecule has 0 spiro atoms. The number of ether oxygens (including phenoxy) is 2. The Morgan fingerprint density at radius 2 is 2.00 bits per heavy atom. The van der Waals surface area contributed by atoms with Crippen molar-refractivity contribution in [3.8, 4) is 5.75 Å². The number of unbranched alkanes of at least 4 members (excludes halogenated alkanes) is 1. The Bertz CT molecular complexity index is 626. The zero-order valence-corrected chi connectivity index (χ0v) is 14.3. The Hall–Kier alpha value is -1.19. The Morgan fingerprint density at radius 1 is 1.18 bits per heavy atom. The van der Waals surface area contributed by atoms with Crippen LogP contribution in [0.3, 0.4) is 0 Å². The van der Waals surface area contributed by atoms with E-state index < -0.39 is 0 Å². The fourth-order valence-electron chi connectivity index (χ4n) is 2.91. The summed E-state index contributed by atoms with van der Waals surface area (Å²) in [4.78, 5) is 1.48. The van der Waals surface area contributed by atoms with Gasteiger partial charge in [-0.05, 0) is 31.5 Å². The predicted octanol–water partition coefficient (Wildman–Crippen LogP) is 4.41. The standard InChI is InChI=1S/C19H25O2S/c1-3-4-11-21-18-9-10-19(17-8-6-5-7-16(17)18)22-13-12-20-15(2)14-22/h5-10,15H,3-4,11-14H2,1-2H3/q+1. The fourth-order valence-corrected chi connectivity index (χ4v) is 5.19. The van der Waals surface area contributed by atoms with Crippen molar-refractivity contribution in [1.82, 2.24) is 0 Å². The van der Waals surface area contributed by atoms with E-state index in [1.807, 2.05) is 0 Å². The van der Waals surface area contributed by atoms with Crippen molar-refractivity contribution < 1.29 is 9.47 Å². The maximum Gasteiger partial charge on any atom is 0.163 e. The number of benzene rings is 2. The molecule has 3 rings (SSSR count). The molecule has 2 atom stereocenters. The van der Waals surface area contributed by atoms with Crippen molar-refractivity contribution in [2.45, 2.75) is 37.7 Å². The molecule has 0 aromatic heterocycles. The van der Waals surface area contributed by atoms with Crippen LogP contribution in [-0.2, 0) is 15.6 Å². The molecule has 1 heterocycles. The van der Waals surface area contributed by atoms with Crippen molar-refractivity contribution in [2.75, 3.05) is 24.7 Å². The zero-order chi connectivity index (χ0) is 15.4. The lowest BCUT2D eigenvalue weighted by molar-refractivity contribution is 0.0878. The highest BCUT2D eigenvalue weighted by molar-refractivity contribution is 7.97. The molecule has 2 unspecified atom stereocenters. The first-order valence-electron chi connectivity index (χ1n) is 8.23. The van der Waals surface area contributed by atoms with E-state index in [1.54, 1.807) is 0 Å². The predicted molar refractivity (Wildman–Crippen MR) is 95.1 cm³/mol. The van der Waals surface area contributed by atoms with Crippen LogP contribution >= 0.6 is 0 Å². The lowest BCUT2D eigenvalue weighted by Gasteiger charge is -2.21. The van der Waals surface area contributed by atoms with Crippen molar-refractivity contribution in [3.05, 3.63) is 36.4 Å². The van der Waals surface area contributed by atoms with Crippen LogP contribution < -0.4 is 4.74 Å². The highest BCUT2D eigenvalue weighted by Crippen LogP contribution is 2.33. The Kier molecular flexibility index (Phi) is 5.27. The second-order valence-corrected chi connectivity index (χ2v) is 8.02. The summed E-state index contributed by atoms with van der Waals surface area (Å²) < 4.78 is 11.7. The van der Waals surface area contributed by atoms with Gasteiger partial charge < -0.3 is 9.47 Å². The van der Waals surface area contributed by atoms with E-state index >= 15 is 0 Å². The quantitative estimate of drug-likeness (QED) is 0.600. The smallest absolute Gasteiger partial charge is 0.163 e. The molecule has 1 aliphatic rings. The second-order valence-electron chi connectivity index (χ2n) is 5.85. The third-order valence-corrected chi connectivity index (χ3v) is 6.59. The third-order valence-electron chi connectivity index (χ3n) is 4.08. The van der Waals surface area contributed by atoms with Crippen LogP contribution in [0.25, 0.3) is 10.8 Å². The van der Waals surface area contributed by atoms with Crippen LogP contribution in [0.15, 0.2) is 41.3 Å². The largest absolute Gasteiger partial charge is 0.493 e. The van der Waals surface area contributed by atoms with E-state index in [9.17, 15) is 0 Å². The molecule has 1 aliphatic heterocycles. The van der Waals surface area contributed by atoms with Gasteiger partial charge in [0.1, 0.15) is 17.3 Å². The summed E-state index contributed by atoms with van der Waals surface area (Å²) in [5.74, 6) is 3.31. The summed E-state index contributed by atoms with van der Waals surface area (Å²) >= 11 is 0. The molecule has 0 amide bonds. The molecule has 3 heteroatoms. The molecular weight excluding hydrogens is 292 g/mol.